The molecule has 0 atom stereocenters. The molecule has 0 unspecified atom stereocenters. The van der Waals surface area contributed by atoms with Crippen molar-refractivity contribution in [1.29, 1.82) is 0 Å². The maximum absolute atomic E-state index is 5.22. The first-order chi connectivity index (χ1) is 12.8. The van der Waals surface area contributed by atoms with Crippen molar-refractivity contribution in [1.82, 2.24) is 15.2 Å². The van der Waals surface area contributed by atoms with Crippen molar-refractivity contribution in [3.63, 3.8) is 0 Å². The Bertz CT molecular complexity index is 1000. The molecular formula is C22H17N3O. The summed E-state index contributed by atoms with van der Waals surface area (Å²) in [7, 11) is 1.65. The molecule has 4 nitrogen and oxygen atoms in total. The molecule has 4 aromatic rings. The zero-order valence-electron chi connectivity index (χ0n) is 14.3. The Morgan fingerprint density at radius 2 is 1.15 bits per heavy atom. The van der Waals surface area contributed by atoms with E-state index in [9.17, 15) is 0 Å². The molecular weight excluding hydrogens is 322 g/mol. The summed E-state index contributed by atoms with van der Waals surface area (Å²) < 4.78 is 5.22. The maximum atomic E-state index is 5.22. The number of rotatable bonds is 4. The van der Waals surface area contributed by atoms with Crippen molar-refractivity contribution < 1.29 is 4.74 Å². The van der Waals surface area contributed by atoms with E-state index < -0.39 is 0 Å². The van der Waals surface area contributed by atoms with E-state index in [2.05, 4.69) is 10.2 Å². The quantitative estimate of drug-likeness (QED) is 0.531. The minimum absolute atomic E-state index is 0.589. The summed E-state index contributed by atoms with van der Waals surface area (Å²) in [5, 5.41) is 8.87. The van der Waals surface area contributed by atoms with Crippen molar-refractivity contribution in [2.45, 2.75) is 0 Å². The van der Waals surface area contributed by atoms with E-state index in [1.54, 1.807) is 7.11 Å². The summed E-state index contributed by atoms with van der Waals surface area (Å²) >= 11 is 0. The van der Waals surface area contributed by atoms with Crippen molar-refractivity contribution in [3.8, 4) is 39.7 Å². The second-order valence-corrected chi connectivity index (χ2v) is 5.79. The zero-order valence-corrected chi connectivity index (χ0v) is 14.3. The average molecular weight is 339 g/mol. The van der Waals surface area contributed by atoms with Gasteiger partial charge in [0.1, 0.15) is 17.1 Å². The van der Waals surface area contributed by atoms with Crippen LogP contribution in [0.15, 0.2) is 84.9 Å². The summed E-state index contributed by atoms with van der Waals surface area (Å²) in [5.74, 6) is 1.39. The van der Waals surface area contributed by atoms with E-state index in [4.69, 9.17) is 9.72 Å². The SMILES string of the molecule is COc1ccc(-c2nnc(-c3ccccc3)c(-c3ccccc3)n2)cc1. The third kappa shape index (κ3) is 3.17. The minimum atomic E-state index is 0.589. The largest absolute Gasteiger partial charge is 0.497 e. The summed E-state index contributed by atoms with van der Waals surface area (Å²) in [6.45, 7) is 0. The lowest BCUT2D eigenvalue weighted by molar-refractivity contribution is 0.415. The topological polar surface area (TPSA) is 47.9 Å². The molecule has 0 saturated carbocycles. The molecule has 0 fully saturated rings. The van der Waals surface area contributed by atoms with Crippen molar-refractivity contribution in [3.05, 3.63) is 84.9 Å². The van der Waals surface area contributed by atoms with Crippen LogP contribution in [0.1, 0.15) is 0 Å². The van der Waals surface area contributed by atoms with E-state index in [1.165, 1.54) is 0 Å². The van der Waals surface area contributed by atoms with Gasteiger partial charge in [-0.1, -0.05) is 60.7 Å². The molecule has 1 heterocycles. The van der Waals surface area contributed by atoms with E-state index in [0.717, 1.165) is 33.8 Å². The summed E-state index contributed by atoms with van der Waals surface area (Å²) in [6, 6.07) is 27.7. The molecule has 4 heteroatoms. The number of methoxy groups -OCH3 is 1. The van der Waals surface area contributed by atoms with E-state index in [0.29, 0.717) is 5.82 Å². The molecule has 0 radical (unpaired) electrons. The van der Waals surface area contributed by atoms with Gasteiger partial charge in [0.15, 0.2) is 5.82 Å². The van der Waals surface area contributed by atoms with Gasteiger partial charge in [0.2, 0.25) is 0 Å². The van der Waals surface area contributed by atoms with Crippen LogP contribution in [0.4, 0.5) is 0 Å². The Kier molecular flexibility index (Phi) is 4.39. The smallest absolute Gasteiger partial charge is 0.182 e. The summed E-state index contributed by atoms with van der Waals surface area (Å²) in [6.07, 6.45) is 0. The fourth-order valence-corrected chi connectivity index (χ4v) is 2.78. The van der Waals surface area contributed by atoms with Crippen LogP contribution >= 0.6 is 0 Å². The normalized spacial score (nSPS) is 10.5. The molecule has 0 N–H and O–H groups in total. The molecule has 1 aromatic heterocycles. The van der Waals surface area contributed by atoms with Gasteiger partial charge >= 0.3 is 0 Å². The molecule has 0 aliphatic heterocycles. The first kappa shape index (κ1) is 16.0. The molecule has 0 aliphatic rings. The lowest BCUT2D eigenvalue weighted by Gasteiger charge is -2.10. The highest BCUT2D eigenvalue weighted by Crippen LogP contribution is 2.30. The highest BCUT2D eigenvalue weighted by molar-refractivity contribution is 5.78. The standard InChI is InChI=1S/C22H17N3O/c1-26-19-14-12-18(13-15-19)22-23-20(16-8-4-2-5-9-16)21(24-25-22)17-10-6-3-7-11-17/h2-15H,1H3. The molecule has 0 aliphatic carbocycles. The molecule has 126 valence electrons. The van der Waals surface area contributed by atoms with Crippen LogP contribution in [0.5, 0.6) is 5.75 Å². The van der Waals surface area contributed by atoms with Crippen LogP contribution in [0.25, 0.3) is 33.9 Å². The lowest BCUT2D eigenvalue weighted by Crippen LogP contribution is -2.00. The Hall–Kier alpha value is -3.53. The van der Waals surface area contributed by atoms with Crippen molar-refractivity contribution in [2.24, 2.45) is 0 Å². The summed E-state index contributed by atoms with van der Waals surface area (Å²) in [4.78, 5) is 4.83. The van der Waals surface area contributed by atoms with Gasteiger partial charge < -0.3 is 4.74 Å². The molecule has 0 saturated heterocycles. The van der Waals surface area contributed by atoms with Gasteiger partial charge in [-0.3, -0.25) is 0 Å². The number of hydrogen-bond acceptors (Lipinski definition) is 4. The second-order valence-electron chi connectivity index (χ2n) is 5.79. The van der Waals surface area contributed by atoms with Gasteiger partial charge in [-0.2, -0.15) is 0 Å². The highest BCUT2D eigenvalue weighted by atomic mass is 16.5. The van der Waals surface area contributed by atoms with Crippen LogP contribution in [-0.4, -0.2) is 22.3 Å². The number of benzene rings is 3. The zero-order chi connectivity index (χ0) is 17.8. The van der Waals surface area contributed by atoms with Gasteiger partial charge in [0.25, 0.3) is 0 Å². The van der Waals surface area contributed by atoms with Gasteiger partial charge in [-0.05, 0) is 24.3 Å². The van der Waals surface area contributed by atoms with Gasteiger partial charge in [0.05, 0.1) is 7.11 Å². The maximum Gasteiger partial charge on any atom is 0.182 e. The van der Waals surface area contributed by atoms with Crippen molar-refractivity contribution >= 4 is 0 Å². The van der Waals surface area contributed by atoms with Crippen LogP contribution in [0.3, 0.4) is 0 Å². The average Bonchev–Trinajstić information content (AvgIpc) is 2.75. The van der Waals surface area contributed by atoms with E-state index >= 15 is 0 Å². The number of aromatic nitrogens is 3. The molecule has 0 bridgehead atoms. The predicted molar refractivity (Wildman–Crippen MR) is 103 cm³/mol. The molecule has 0 spiro atoms. The predicted octanol–water partition coefficient (Wildman–Crippen LogP) is 4.88. The fourth-order valence-electron chi connectivity index (χ4n) is 2.78. The van der Waals surface area contributed by atoms with Gasteiger partial charge in [-0.25, -0.2) is 4.98 Å². The van der Waals surface area contributed by atoms with Crippen LogP contribution in [0, 0.1) is 0 Å². The van der Waals surface area contributed by atoms with Gasteiger partial charge in [-0.15, -0.1) is 10.2 Å². The molecule has 4 rings (SSSR count). The van der Waals surface area contributed by atoms with Crippen LogP contribution in [0.2, 0.25) is 0 Å². The van der Waals surface area contributed by atoms with E-state index in [-0.39, 0.29) is 0 Å². The Morgan fingerprint density at radius 1 is 0.577 bits per heavy atom. The monoisotopic (exact) mass is 339 g/mol. The number of nitrogens with zero attached hydrogens (tertiary/aromatic N) is 3. The van der Waals surface area contributed by atoms with Crippen molar-refractivity contribution in [2.75, 3.05) is 7.11 Å². The number of hydrogen-bond donors (Lipinski definition) is 0. The first-order valence-corrected chi connectivity index (χ1v) is 8.35. The fraction of sp³-hybridized carbons (Fsp3) is 0.0455. The Balaban J connectivity index is 1.86. The minimum Gasteiger partial charge on any atom is -0.497 e. The number of ether oxygens (including phenoxy) is 1. The van der Waals surface area contributed by atoms with Crippen LogP contribution < -0.4 is 4.74 Å². The second kappa shape index (κ2) is 7.15. The highest BCUT2D eigenvalue weighted by Gasteiger charge is 2.14. The third-order valence-electron chi connectivity index (χ3n) is 4.13. The van der Waals surface area contributed by atoms with Crippen LogP contribution in [-0.2, 0) is 0 Å². The Labute approximate surface area is 152 Å². The molecule has 0 amide bonds. The van der Waals surface area contributed by atoms with E-state index in [1.807, 2.05) is 84.9 Å². The molecule has 26 heavy (non-hydrogen) atoms. The lowest BCUT2D eigenvalue weighted by atomic mass is 10.0. The summed E-state index contributed by atoms with van der Waals surface area (Å²) in [5.41, 5.74) is 4.49. The van der Waals surface area contributed by atoms with Gasteiger partial charge in [0, 0.05) is 16.7 Å². The molecule has 3 aromatic carbocycles. The first-order valence-electron chi connectivity index (χ1n) is 8.35. The third-order valence-corrected chi connectivity index (χ3v) is 4.13. The Morgan fingerprint density at radius 3 is 1.73 bits per heavy atom.